The number of amides is 2. The number of imide groups is 1. The Hall–Kier alpha value is -2.73. The summed E-state index contributed by atoms with van der Waals surface area (Å²) < 4.78 is 0.693. The molecular weight excluding hydrogens is 468 g/mol. The number of nitrogens with zero attached hydrogens (tertiary/aromatic N) is 2. The van der Waals surface area contributed by atoms with Crippen LogP contribution in [0.3, 0.4) is 0 Å². The Balaban J connectivity index is 1.68. The van der Waals surface area contributed by atoms with Crippen LogP contribution < -0.4 is 4.90 Å². The van der Waals surface area contributed by atoms with Gasteiger partial charge < -0.3 is 4.90 Å². The third-order valence-electron chi connectivity index (χ3n) is 6.81. The molecule has 0 aromatic heterocycles. The zero-order valence-corrected chi connectivity index (χ0v) is 20.1. The van der Waals surface area contributed by atoms with Crippen molar-refractivity contribution in [3.8, 4) is 0 Å². The van der Waals surface area contributed by atoms with Crippen molar-refractivity contribution in [2.75, 3.05) is 4.90 Å². The van der Waals surface area contributed by atoms with E-state index in [1.165, 1.54) is 4.90 Å². The van der Waals surface area contributed by atoms with E-state index in [4.69, 9.17) is 0 Å². The fraction of sp³-hybridized carbons (Fsp3) is 0.346. The number of Topliss-reactive ketones (excluding diaryl/α,β-unsaturated/α-hetero) is 1. The summed E-state index contributed by atoms with van der Waals surface area (Å²) in [7, 11) is 0. The molecule has 3 aliphatic heterocycles. The summed E-state index contributed by atoms with van der Waals surface area (Å²) >= 11 is 3.53. The smallest absolute Gasteiger partial charge is 0.240 e. The number of aryl methyl sites for hydroxylation is 1. The Bertz CT molecular complexity index is 1200. The fourth-order valence-electron chi connectivity index (χ4n) is 5.33. The molecule has 3 aliphatic rings. The minimum atomic E-state index is -0.719. The van der Waals surface area contributed by atoms with Crippen molar-refractivity contribution in [1.82, 2.24) is 4.90 Å². The van der Waals surface area contributed by atoms with Gasteiger partial charge in [-0.25, -0.2) is 4.90 Å². The number of hydrogen-bond donors (Lipinski definition) is 0. The quantitative estimate of drug-likeness (QED) is 0.560. The van der Waals surface area contributed by atoms with E-state index in [2.05, 4.69) is 15.9 Å². The van der Waals surface area contributed by atoms with E-state index < -0.39 is 23.3 Å². The number of halogens is 1. The average Bonchev–Trinajstić information content (AvgIpc) is 3.20. The van der Waals surface area contributed by atoms with E-state index in [1.54, 1.807) is 6.07 Å². The van der Waals surface area contributed by atoms with Crippen LogP contribution in [-0.2, 0) is 14.4 Å². The molecule has 5 nitrogen and oxygen atoms in total. The molecule has 32 heavy (non-hydrogen) atoms. The second-order valence-electron chi connectivity index (χ2n) is 9.91. The second kappa shape index (κ2) is 7.14. The maximum Gasteiger partial charge on any atom is 0.240 e. The van der Waals surface area contributed by atoms with E-state index in [0.717, 1.165) is 16.7 Å². The molecular formula is C26H25BrN2O3. The second-order valence-corrected chi connectivity index (χ2v) is 10.8. The first-order chi connectivity index (χ1) is 15.1. The molecule has 0 bridgehead atoms. The van der Waals surface area contributed by atoms with Gasteiger partial charge in [-0.05, 0) is 57.8 Å². The lowest BCUT2D eigenvalue weighted by Gasteiger charge is -2.37. The summed E-state index contributed by atoms with van der Waals surface area (Å²) in [5.41, 5.74) is 2.92. The summed E-state index contributed by atoms with van der Waals surface area (Å²) in [5, 5.41) is 0. The highest BCUT2D eigenvalue weighted by Gasteiger charge is 2.65. The van der Waals surface area contributed by atoms with Gasteiger partial charge in [-0.3, -0.25) is 14.4 Å². The monoisotopic (exact) mass is 492 g/mol. The molecule has 0 N–H and O–H groups in total. The van der Waals surface area contributed by atoms with Gasteiger partial charge in [0.05, 0.1) is 23.6 Å². The van der Waals surface area contributed by atoms with Gasteiger partial charge in [-0.1, -0.05) is 51.1 Å². The van der Waals surface area contributed by atoms with Gasteiger partial charge >= 0.3 is 0 Å². The number of hydrogen-bond acceptors (Lipinski definition) is 4. The van der Waals surface area contributed by atoms with Crippen molar-refractivity contribution in [1.29, 1.82) is 0 Å². The summed E-state index contributed by atoms with van der Waals surface area (Å²) in [6.07, 6.45) is 3.87. The summed E-state index contributed by atoms with van der Waals surface area (Å²) in [4.78, 5) is 44.5. The van der Waals surface area contributed by atoms with Crippen LogP contribution in [0.15, 0.2) is 53.1 Å². The Morgan fingerprint density at radius 3 is 2.38 bits per heavy atom. The Kier molecular flexibility index (Phi) is 4.71. The van der Waals surface area contributed by atoms with Crippen LogP contribution in [0.5, 0.6) is 0 Å². The third-order valence-corrected chi connectivity index (χ3v) is 7.45. The standard InChI is InChI=1S/C26H25BrN2O3/c1-14-9-10-18(17(27)13-14)29-24(31)19-20(25(29)32)22(23(30)26(2,3)4)28-12-11-15-7-5-6-8-16(15)21(19)28/h5-13,19-22H,1-4H3/t19-,20+,21+,22+/m0/s1. The molecule has 4 atom stereocenters. The molecule has 0 spiro atoms. The molecule has 2 amide bonds. The van der Waals surface area contributed by atoms with Crippen LogP contribution in [-0.4, -0.2) is 28.5 Å². The predicted molar refractivity (Wildman–Crippen MR) is 127 cm³/mol. The minimum absolute atomic E-state index is 0.0231. The van der Waals surface area contributed by atoms with Gasteiger partial charge in [0.1, 0.15) is 6.04 Å². The zero-order valence-electron chi connectivity index (χ0n) is 18.5. The van der Waals surface area contributed by atoms with E-state index in [-0.39, 0.29) is 23.6 Å². The van der Waals surface area contributed by atoms with Crippen LogP contribution in [0.2, 0.25) is 0 Å². The molecule has 6 heteroatoms. The number of carbonyl (C=O) groups excluding carboxylic acids is 3. The van der Waals surface area contributed by atoms with Crippen molar-refractivity contribution >= 4 is 45.3 Å². The minimum Gasteiger partial charge on any atom is -0.359 e. The zero-order chi connectivity index (χ0) is 22.9. The maximum absolute atomic E-state index is 13.8. The predicted octanol–water partition coefficient (Wildman–Crippen LogP) is 4.89. The number of rotatable bonds is 2. The number of benzene rings is 2. The van der Waals surface area contributed by atoms with Gasteiger partial charge in [-0.15, -0.1) is 0 Å². The molecule has 0 saturated carbocycles. The molecule has 2 aromatic carbocycles. The summed E-state index contributed by atoms with van der Waals surface area (Å²) in [6.45, 7) is 7.57. The van der Waals surface area contributed by atoms with Crippen LogP contribution in [0, 0.1) is 24.2 Å². The van der Waals surface area contributed by atoms with Crippen LogP contribution in [0.25, 0.3) is 6.08 Å². The SMILES string of the molecule is Cc1ccc(N2C(=O)[C@@H]3[C@H](C2=O)[C@H]2c4ccccc4C=CN2[C@H]3C(=O)C(C)(C)C)c(Br)c1. The molecule has 5 rings (SSSR count). The van der Waals surface area contributed by atoms with E-state index >= 15 is 0 Å². The van der Waals surface area contributed by atoms with Crippen molar-refractivity contribution in [2.24, 2.45) is 17.3 Å². The first-order valence-corrected chi connectivity index (χ1v) is 11.6. The highest BCUT2D eigenvalue weighted by atomic mass is 79.9. The normalized spacial score (nSPS) is 26.3. The number of fused-ring (bicyclic) bond motifs is 5. The lowest BCUT2D eigenvalue weighted by atomic mass is 9.79. The van der Waals surface area contributed by atoms with Crippen LogP contribution in [0.4, 0.5) is 5.69 Å². The maximum atomic E-state index is 13.8. The molecule has 3 heterocycles. The van der Waals surface area contributed by atoms with Crippen LogP contribution >= 0.6 is 15.9 Å². The van der Waals surface area contributed by atoms with Gasteiger partial charge in [0.2, 0.25) is 11.8 Å². The summed E-state index contributed by atoms with van der Waals surface area (Å²) in [6, 6.07) is 12.5. The number of ketones is 1. The van der Waals surface area contributed by atoms with Crippen molar-refractivity contribution in [3.05, 3.63) is 69.8 Å². The molecule has 0 unspecified atom stereocenters. The van der Waals surface area contributed by atoms with E-state index in [1.807, 2.05) is 81.3 Å². The molecule has 164 valence electrons. The van der Waals surface area contributed by atoms with Crippen molar-refractivity contribution in [2.45, 2.75) is 39.8 Å². The van der Waals surface area contributed by atoms with Crippen LogP contribution in [0.1, 0.15) is 43.5 Å². The lowest BCUT2D eigenvalue weighted by Crippen LogP contribution is -2.47. The average molecular weight is 493 g/mol. The topological polar surface area (TPSA) is 57.7 Å². The Morgan fingerprint density at radius 1 is 1.00 bits per heavy atom. The highest BCUT2D eigenvalue weighted by molar-refractivity contribution is 9.10. The van der Waals surface area contributed by atoms with E-state index in [9.17, 15) is 14.4 Å². The Morgan fingerprint density at radius 2 is 1.69 bits per heavy atom. The highest BCUT2D eigenvalue weighted by Crippen LogP contribution is 2.54. The fourth-order valence-corrected chi connectivity index (χ4v) is 6.00. The summed E-state index contributed by atoms with van der Waals surface area (Å²) in [5.74, 6) is -1.90. The van der Waals surface area contributed by atoms with Gasteiger partial charge in [0.15, 0.2) is 5.78 Å². The van der Waals surface area contributed by atoms with Crippen molar-refractivity contribution < 1.29 is 14.4 Å². The number of anilines is 1. The number of carbonyl (C=O) groups is 3. The lowest BCUT2D eigenvalue weighted by molar-refractivity contribution is -0.135. The molecule has 2 saturated heterocycles. The van der Waals surface area contributed by atoms with Crippen molar-refractivity contribution in [3.63, 3.8) is 0 Å². The molecule has 2 aromatic rings. The molecule has 0 radical (unpaired) electrons. The molecule has 0 aliphatic carbocycles. The molecule has 2 fully saturated rings. The third kappa shape index (κ3) is 2.92. The van der Waals surface area contributed by atoms with Gasteiger partial charge in [-0.2, -0.15) is 0 Å². The first kappa shape index (κ1) is 21.1. The van der Waals surface area contributed by atoms with E-state index in [0.29, 0.717) is 10.2 Å². The van der Waals surface area contributed by atoms with Gasteiger partial charge in [0, 0.05) is 16.1 Å². The first-order valence-electron chi connectivity index (χ1n) is 10.8. The largest absolute Gasteiger partial charge is 0.359 e. The van der Waals surface area contributed by atoms with Gasteiger partial charge in [0.25, 0.3) is 0 Å². The Labute approximate surface area is 196 Å².